The predicted molar refractivity (Wildman–Crippen MR) is 76.2 cm³/mol. The molecule has 3 heteroatoms. The van der Waals surface area contributed by atoms with E-state index in [1.54, 1.807) is 0 Å². The molecule has 19 heavy (non-hydrogen) atoms. The van der Waals surface area contributed by atoms with Crippen LogP contribution in [-0.2, 0) is 11.2 Å². The van der Waals surface area contributed by atoms with E-state index in [1.165, 1.54) is 5.56 Å². The minimum atomic E-state index is -0.642. The Balaban J connectivity index is 1.70. The third kappa shape index (κ3) is 3.80. The largest absolute Gasteiger partial charge is 0.481 e. The fourth-order valence-electron chi connectivity index (χ4n) is 2.64. The molecule has 1 saturated heterocycles. The number of carboxylic acid groups (broad SMARTS) is 1. The van der Waals surface area contributed by atoms with E-state index in [0.717, 1.165) is 45.3 Å². The smallest absolute Gasteiger partial charge is 0.309 e. The molecule has 1 aliphatic heterocycles. The minimum Gasteiger partial charge on any atom is -0.481 e. The Morgan fingerprint density at radius 2 is 1.89 bits per heavy atom. The molecule has 0 saturated carbocycles. The van der Waals surface area contributed by atoms with Gasteiger partial charge in [0.05, 0.1) is 5.41 Å². The Labute approximate surface area is 115 Å². The van der Waals surface area contributed by atoms with Crippen molar-refractivity contribution in [3.63, 3.8) is 0 Å². The van der Waals surface area contributed by atoms with Crippen molar-refractivity contribution < 1.29 is 9.90 Å². The zero-order valence-electron chi connectivity index (χ0n) is 11.6. The number of aliphatic carboxylic acids is 1. The molecule has 0 aliphatic carbocycles. The van der Waals surface area contributed by atoms with Gasteiger partial charge in [0.25, 0.3) is 0 Å². The molecule has 0 atom stereocenters. The second-order valence-electron chi connectivity index (χ2n) is 5.80. The average molecular weight is 261 g/mol. The molecule has 0 bridgehead atoms. The number of hydrogen-bond acceptors (Lipinski definition) is 2. The van der Waals surface area contributed by atoms with Crippen LogP contribution in [0.25, 0.3) is 0 Å². The molecular formula is C16H23NO2. The molecule has 1 aromatic rings. The van der Waals surface area contributed by atoms with Crippen molar-refractivity contribution in [3.05, 3.63) is 35.9 Å². The second-order valence-corrected chi connectivity index (χ2v) is 5.80. The SMILES string of the molecule is CC1(C(=O)O)CCN(CCCc2ccccc2)CC1. The first-order chi connectivity index (χ1) is 9.10. The van der Waals surface area contributed by atoms with Crippen LogP contribution in [0.5, 0.6) is 0 Å². The summed E-state index contributed by atoms with van der Waals surface area (Å²) < 4.78 is 0. The van der Waals surface area contributed by atoms with Gasteiger partial charge in [-0.3, -0.25) is 4.79 Å². The number of aryl methyl sites for hydroxylation is 1. The summed E-state index contributed by atoms with van der Waals surface area (Å²) in [4.78, 5) is 13.6. The van der Waals surface area contributed by atoms with E-state index in [-0.39, 0.29) is 0 Å². The van der Waals surface area contributed by atoms with Crippen LogP contribution in [0.1, 0.15) is 31.7 Å². The van der Waals surface area contributed by atoms with E-state index in [9.17, 15) is 9.90 Å². The van der Waals surface area contributed by atoms with Gasteiger partial charge in [-0.25, -0.2) is 0 Å². The molecule has 0 aromatic heterocycles. The highest BCUT2D eigenvalue weighted by Gasteiger charge is 2.36. The highest BCUT2D eigenvalue weighted by atomic mass is 16.4. The summed E-state index contributed by atoms with van der Waals surface area (Å²) in [7, 11) is 0. The lowest BCUT2D eigenvalue weighted by Gasteiger charge is -2.36. The van der Waals surface area contributed by atoms with Gasteiger partial charge in [-0.1, -0.05) is 30.3 Å². The first-order valence-corrected chi connectivity index (χ1v) is 7.10. The Hall–Kier alpha value is -1.35. The fraction of sp³-hybridized carbons (Fsp3) is 0.562. The third-order valence-corrected chi connectivity index (χ3v) is 4.26. The van der Waals surface area contributed by atoms with Gasteiger partial charge in [-0.15, -0.1) is 0 Å². The molecular weight excluding hydrogens is 238 g/mol. The standard InChI is InChI=1S/C16H23NO2/c1-16(15(18)19)9-12-17(13-10-16)11-5-8-14-6-3-2-4-7-14/h2-4,6-7H,5,8-13H2,1H3,(H,18,19). The first kappa shape index (κ1) is 14.1. The van der Waals surface area contributed by atoms with Gasteiger partial charge in [0.1, 0.15) is 0 Å². The van der Waals surface area contributed by atoms with E-state index in [4.69, 9.17) is 0 Å². The Kier molecular flexibility index (Phi) is 4.59. The maximum Gasteiger partial charge on any atom is 0.309 e. The van der Waals surface area contributed by atoms with Crippen molar-refractivity contribution in [3.8, 4) is 0 Å². The summed E-state index contributed by atoms with van der Waals surface area (Å²) in [5.41, 5.74) is 0.880. The van der Waals surface area contributed by atoms with Crippen LogP contribution < -0.4 is 0 Å². The van der Waals surface area contributed by atoms with Gasteiger partial charge in [0.15, 0.2) is 0 Å². The van der Waals surface area contributed by atoms with Gasteiger partial charge < -0.3 is 10.0 Å². The number of hydrogen-bond donors (Lipinski definition) is 1. The molecule has 1 aromatic carbocycles. The number of benzene rings is 1. The van der Waals surface area contributed by atoms with Gasteiger partial charge >= 0.3 is 5.97 Å². The summed E-state index contributed by atoms with van der Waals surface area (Å²) in [6, 6.07) is 10.5. The van der Waals surface area contributed by atoms with E-state index in [2.05, 4.69) is 29.2 Å². The Bertz CT molecular complexity index is 408. The van der Waals surface area contributed by atoms with Gasteiger partial charge in [-0.05, 0) is 57.8 Å². The number of likely N-dealkylation sites (tertiary alicyclic amines) is 1. The molecule has 0 amide bonds. The predicted octanol–water partition coefficient (Wildman–Crippen LogP) is 2.81. The molecule has 0 radical (unpaired) electrons. The van der Waals surface area contributed by atoms with Gasteiger partial charge in [-0.2, -0.15) is 0 Å². The molecule has 3 nitrogen and oxygen atoms in total. The quantitative estimate of drug-likeness (QED) is 0.886. The highest BCUT2D eigenvalue weighted by Crippen LogP contribution is 2.30. The molecule has 1 fully saturated rings. The Morgan fingerprint density at radius 1 is 1.26 bits per heavy atom. The van der Waals surface area contributed by atoms with Gasteiger partial charge in [0.2, 0.25) is 0 Å². The summed E-state index contributed by atoms with van der Waals surface area (Å²) in [5, 5.41) is 9.19. The number of piperidine rings is 1. The average Bonchev–Trinajstić information content (AvgIpc) is 2.42. The van der Waals surface area contributed by atoms with Crippen LogP contribution in [0.15, 0.2) is 30.3 Å². The fourth-order valence-corrected chi connectivity index (χ4v) is 2.64. The monoisotopic (exact) mass is 261 g/mol. The molecule has 1 heterocycles. The summed E-state index contributed by atoms with van der Waals surface area (Å²) in [5.74, 6) is -0.642. The van der Waals surface area contributed by atoms with E-state index in [0.29, 0.717) is 0 Å². The maximum atomic E-state index is 11.2. The van der Waals surface area contributed by atoms with E-state index < -0.39 is 11.4 Å². The van der Waals surface area contributed by atoms with Crippen LogP contribution in [0.4, 0.5) is 0 Å². The van der Waals surface area contributed by atoms with Crippen molar-refractivity contribution in [2.75, 3.05) is 19.6 Å². The third-order valence-electron chi connectivity index (χ3n) is 4.26. The summed E-state index contributed by atoms with van der Waals surface area (Å²) >= 11 is 0. The lowest BCUT2D eigenvalue weighted by atomic mass is 9.80. The van der Waals surface area contributed by atoms with Crippen LogP contribution in [0.2, 0.25) is 0 Å². The molecule has 104 valence electrons. The van der Waals surface area contributed by atoms with Crippen LogP contribution in [-0.4, -0.2) is 35.6 Å². The molecule has 0 spiro atoms. The second kappa shape index (κ2) is 6.20. The van der Waals surface area contributed by atoms with Crippen molar-refractivity contribution in [2.45, 2.75) is 32.6 Å². The maximum absolute atomic E-state index is 11.2. The molecule has 2 rings (SSSR count). The first-order valence-electron chi connectivity index (χ1n) is 7.10. The molecule has 0 unspecified atom stereocenters. The normalized spacial score (nSPS) is 19.2. The van der Waals surface area contributed by atoms with Crippen molar-refractivity contribution >= 4 is 5.97 Å². The zero-order chi connectivity index (χ0) is 13.7. The number of rotatable bonds is 5. The van der Waals surface area contributed by atoms with E-state index >= 15 is 0 Å². The Morgan fingerprint density at radius 3 is 2.47 bits per heavy atom. The van der Waals surface area contributed by atoms with Crippen LogP contribution >= 0.6 is 0 Å². The summed E-state index contributed by atoms with van der Waals surface area (Å²) in [6.45, 7) is 4.77. The van der Waals surface area contributed by atoms with Crippen LogP contribution in [0.3, 0.4) is 0 Å². The highest BCUT2D eigenvalue weighted by molar-refractivity contribution is 5.74. The zero-order valence-corrected chi connectivity index (χ0v) is 11.6. The van der Waals surface area contributed by atoms with Crippen molar-refractivity contribution in [1.82, 2.24) is 4.90 Å². The summed E-state index contributed by atoms with van der Waals surface area (Å²) in [6.07, 6.45) is 3.79. The molecule has 1 N–H and O–H groups in total. The lowest BCUT2D eigenvalue weighted by Crippen LogP contribution is -2.43. The van der Waals surface area contributed by atoms with Crippen LogP contribution in [0, 0.1) is 5.41 Å². The lowest BCUT2D eigenvalue weighted by molar-refractivity contribution is -0.150. The van der Waals surface area contributed by atoms with E-state index in [1.807, 2.05) is 13.0 Å². The topological polar surface area (TPSA) is 40.5 Å². The van der Waals surface area contributed by atoms with Crippen molar-refractivity contribution in [1.29, 1.82) is 0 Å². The number of nitrogens with zero attached hydrogens (tertiary/aromatic N) is 1. The molecule has 1 aliphatic rings. The van der Waals surface area contributed by atoms with Gasteiger partial charge in [0, 0.05) is 0 Å². The number of carboxylic acids is 1. The minimum absolute atomic E-state index is 0.504. The van der Waals surface area contributed by atoms with Crippen molar-refractivity contribution in [2.24, 2.45) is 5.41 Å². The number of carbonyl (C=O) groups is 1.